The minimum absolute atomic E-state index is 0.0492. The number of aromatic nitrogens is 3. The third-order valence-electron chi connectivity index (χ3n) is 6.89. The van der Waals surface area contributed by atoms with E-state index >= 15 is 0 Å². The van der Waals surface area contributed by atoms with Crippen molar-refractivity contribution in [1.29, 1.82) is 0 Å². The van der Waals surface area contributed by atoms with Crippen molar-refractivity contribution >= 4 is 33.7 Å². The highest BCUT2D eigenvalue weighted by Crippen LogP contribution is 2.46. The summed E-state index contributed by atoms with van der Waals surface area (Å²) in [6.07, 6.45) is 6.38. The maximum absolute atomic E-state index is 13.7. The molecule has 1 saturated carbocycles. The fourth-order valence-corrected chi connectivity index (χ4v) is 7.96. The van der Waals surface area contributed by atoms with Gasteiger partial charge in [-0.3, -0.25) is 19.4 Å². The Hall–Kier alpha value is -2.74. The molecular formula is C23H26N6O5S2. The molecule has 6 rings (SSSR count). The average molecular weight is 531 g/mol. The van der Waals surface area contributed by atoms with Crippen LogP contribution in [-0.4, -0.2) is 55.8 Å². The molecule has 36 heavy (non-hydrogen) atoms. The Morgan fingerprint density at radius 1 is 1.22 bits per heavy atom. The maximum atomic E-state index is 13.7. The van der Waals surface area contributed by atoms with Crippen LogP contribution in [0, 0.1) is 5.92 Å². The number of nitrogens with zero attached hydrogens (tertiary/aromatic N) is 5. The molecule has 190 valence electrons. The molecule has 0 radical (unpaired) electrons. The molecule has 2 aromatic heterocycles. The third kappa shape index (κ3) is 4.23. The first-order valence-corrected chi connectivity index (χ1v) is 14.1. The number of rotatable bonds is 7. The minimum Gasteiger partial charge on any atom is -0.370 e. The van der Waals surface area contributed by atoms with E-state index in [4.69, 9.17) is 4.74 Å². The Morgan fingerprint density at radius 3 is 2.75 bits per heavy atom. The maximum Gasteiger partial charge on any atom is 0.328 e. The predicted molar refractivity (Wildman–Crippen MR) is 130 cm³/mol. The standard InChI is InChI=1S/C23H26N6O5S2/c1-23(5-6-23)26-36(32,33)19-7-17-20(30)28(10-14-8-24-27(2)9-14)22(31)29(21(17)35-19)11-16-4-3-15-12-34-13-18(15)25-16/h3-4,7-9,17,21,26H,5-6,10-13H2,1-2H3. The first kappa shape index (κ1) is 23.6. The van der Waals surface area contributed by atoms with Gasteiger partial charge in [-0.2, -0.15) is 5.10 Å². The van der Waals surface area contributed by atoms with E-state index in [1.54, 1.807) is 29.0 Å². The van der Waals surface area contributed by atoms with Crippen LogP contribution in [0.15, 0.2) is 34.8 Å². The Kier molecular flexibility index (Phi) is 5.52. The largest absolute Gasteiger partial charge is 0.370 e. The van der Waals surface area contributed by atoms with E-state index < -0.39 is 38.8 Å². The molecular weight excluding hydrogens is 504 g/mol. The van der Waals surface area contributed by atoms with Crippen LogP contribution in [0.3, 0.4) is 0 Å². The lowest BCUT2D eigenvalue weighted by Crippen LogP contribution is -2.58. The molecule has 3 aliphatic heterocycles. The van der Waals surface area contributed by atoms with Gasteiger partial charge in [0.2, 0.25) is 15.9 Å². The quantitative estimate of drug-likeness (QED) is 0.574. The van der Waals surface area contributed by atoms with Gasteiger partial charge in [0.25, 0.3) is 0 Å². The van der Waals surface area contributed by atoms with Gasteiger partial charge in [-0.15, -0.1) is 0 Å². The molecule has 2 fully saturated rings. The molecule has 0 bridgehead atoms. The molecule has 13 heteroatoms. The Labute approximate surface area is 212 Å². The number of ether oxygens (including phenoxy) is 1. The second-order valence-corrected chi connectivity index (χ2v) is 13.0. The lowest BCUT2D eigenvalue weighted by Gasteiger charge is -2.41. The van der Waals surface area contributed by atoms with Gasteiger partial charge in [0, 0.05) is 29.9 Å². The second kappa shape index (κ2) is 8.40. The first-order valence-electron chi connectivity index (χ1n) is 11.7. The highest BCUT2D eigenvalue weighted by molar-refractivity contribution is 8.18. The molecule has 2 aromatic rings. The number of amides is 3. The summed E-state index contributed by atoms with van der Waals surface area (Å²) in [5, 5.41) is 3.45. The molecule has 1 saturated heterocycles. The molecule has 11 nitrogen and oxygen atoms in total. The fraction of sp³-hybridized carbons (Fsp3) is 0.478. The number of hydrogen-bond acceptors (Lipinski definition) is 8. The van der Waals surface area contributed by atoms with E-state index in [1.165, 1.54) is 11.0 Å². The summed E-state index contributed by atoms with van der Waals surface area (Å²) in [5.41, 5.74) is 2.76. The lowest BCUT2D eigenvalue weighted by molar-refractivity contribution is -0.135. The SMILES string of the molecule is Cn1cc(CN2C(=O)C3C=C(S(=O)(=O)NC4(C)CC4)SC3N(Cc3ccc4c(n3)COC4)C2=O)cn1. The normalized spacial score (nSPS) is 24.7. The van der Waals surface area contributed by atoms with Crippen LogP contribution in [0.25, 0.3) is 0 Å². The highest BCUT2D eigenvalue weighted by Gasteiger charge is 2.52. The average Bonchev–Trinajstić information content (AvgIpc) is 3.25. The van der Waals surface area contributed by atoms with Crippen LogP contribution in [0.4, 0.5) is 4.79 Å². The summed E-state index contributed by atoms with van der Waals surface area (Å²) < 4.78 is 36.1. The van der Waals surface area contributed by atoms with E-state index in [-0.39, 0.29) is 17.3 Å². The smallest absolute Gasteiger partial charge is 0.328 e. The van der Waals surface area contributed by atoms with Gasteiger partial charge in [-0.1, -0.05) is 17.8 Å². The van der Waals surface area contributed by atoms with E-state index in [0.717, 1.165) is 35.9 Å². The number of pyridine rings is 1. The number of imide groups is 1. The zero-order valence-electron chi connectivity index (χ0n) is 19.9. The van der Waals surface area contributed by atoms with Gasteiger partial charge in [0.05, 0.1) is 49.8 Å². The van der Waals surface area contributed by atoms with Crippen LogP contribution in [-0.2, 0) is 52.9 Å². The monoisotopic (exact) mass is 530 g/mol. The summed E-state index contributed by atoms with van der Waals surface area (Å²) in [4.78, 5) is 34.6. The van der Waals surface area contributed by atoms with E-state index in [2.05, 4.69) is 14.8 Å². The number of aryl methyl sites for hydroxylation is 1. The summed E-state index contributed by atoms with van der Waals surface area (Å²) in [6, 6.07) is 3.30. The van der Waals surface area contributed by atoms with Gasteiger partial charge < -0.3 is 9.64 Å². The van der Waals surface area contributed by atoms with Crippen molar-refractivity contribution in [2.45, 2.75) is 57.0 Å². The molecule has 4 aliphatic rings. The van der Waals surface area contributed by atoms with Crippen molar-refractivity contribution in [3.05, 3.63) is 57.4 Å². The molecule has 2 unspecified atom stereocenters. The first-order chi connectivity index (χ1) is 17.1. The molecule has 0 spiro atoms. The number of hydrogen-bond donors (Lipinski definition) is 1. The Balaban J connectivity index is 1.32. The van der Waals surface area contributed by atoms with Crippen molar-refractivity contribution in [2.24, 2.45) is 13.0 Å². The third-order valence-corrected chi connectivity index (χ3v) is 10.4. The lowest BCUT2D eigenvalue weighted by atomic mass is 10.0. The van der Waals surface area contributed by atoms with Gasteiger partial charge in [-0.25, -0.2) is 17.9 Å². The number of thioether (sulfide) groups is 1. The number of sulfonamides is 1. The fourth-order valence-electron chi connectivity index (χ4n) is 4.66. The van der Waals surface area contributed by atoms with Gasteiger partial charge in [-0.05, 0) is 31.9 Å². The number of carbonyl (C=O) groups is 2. The van der Waals surface area contributed by atoms with Gasteiger partial charge in [0.15, 0.2) is 0 Å². The highest BCUT2D eigenvalue weighted by atomic mass is 32.3. The molecule has 5 heterocycles. The van der Waals surface area contributed by atoms with Gasteiger partial charge >= 0.3 is 6.03 Å². The van der Waals surface area contributed by atoms with Crippen molar-refractivity contribution in [3.63, 3.8) is 0 Å². The van der Waals surface area contributed by atoms with Crippen LogP contribution in [0.2, 0.25) is 0 Å². The summed E-state index contributed by atoms with van der Waals surface area (Å²) in [7, 11) is -2.05. The van der Waals surface area contributed by atoms with Crippen LogP contribution in [0.1, 0.15) is 42.3 Å². The van der Waals surface area contributed by atoms with Crippen LogP contribution >= 0.6 is 11.8 Å². The second-order valence-electron chi connectivity index (χ2n) is 9.94. The number of urea groups is 1. The molecule has 1 aliphatic carbocycles. The van der Waals surface area contributed by atoms with E-state index in [0.29, 0.717) is 24.5 Å². The molecule has 2 atom stereocenters. The van der Waals surface area contributed by atoms with Crippen molar-refractivity contribution in [1.82, 2.24) is 29.3 Å². The Morgan fingerprint density at radius 2 is 2.03 bits per heavy atom. The van der Waals surface area contributed by atoms with Crippen molar-refractivity contribution in [2.75, 3.05) is 0 Å². The molecule has 3 amide bonds. The van der Waals surface area contributed by atoms with Crippen molar-refractivity contribution < 1.29 is 22.7 Å². The summed E-state index contributed by atoms with van der Waals surface area (Å²) in [6.45, 7) is 2.98. The van der Waals surface area contributed by atoms with E-state index in [1.807, 2.05) is 19.1 Å². The zero-order chi connectivity index (χ0) is 25.2. The molecule has 1 N–H and O–H groups in total. The van der Waals surface area contributed by atoms with Crippen LogP contribution < -0.4 is 4.72 Å². The number of carbonyl (C=O) groups excluding carboxylic acids is 2. The zero-order valence-corrected chi connectivity index (χ0v) is 21.5. The topological polar surface area (TPSA) is 127 Å². The van der Waals surface area contributed by atoms with E-state index in [9.17, 15) is 18.0 Å². The summed E-state index contributed by atoms with van der Waals surface area (Å²) >= 11 is 1.04. The van der Waals surface area contributed by atoms with Crippen molar-refractivity contribution in [3.8, 4) is 0 Å². The Bertz CT molecular complexity index is 1400. The van der Waals surface area contributed by atoms with Gasteiger partial charge in [0.1, 0.15) is 9.61 Å². The van der Waals surface area contributed by atoms with Crippen LogP contribution in [0.5, 0.6) is 0 Å². The molecule has 0 aromatic carbocycles. The number of nitrogens with one attached hydrogen (secondary N) is 1. The number of fused-ring (bicyclic) bond motifs is 2. The summed E-state index contributed by atoms with van der Waals surface area (Å²) in [5.74, 6) is -1.21. The predicted octanol–water partition coefficient (Wildman–Crippen LogP) is 1.81. The minimum atomic E-state index is -3.81.